The first kappa shape index (κ1) is 19.4. The van der Waals surface area contributed by atoms with E-state index in [9.17, 15) is 4.79 Å². The summed E-state index contributed by atoms with van der Waals surface area (Å²) in [5.74, 6) is 0.841. The molecule has 126 valence electrons. The zero-order chi connectivity index (χ0) is 14.7. The summed E-state index contributed by atoms with van der Waals surface area (Å²) in [6.07, 6.45) is 8.88. The second kappa shape index (κ2) is 8.86. The molecule has 0 aliphatic heterocycles. The highest BCUT2D eigenvalue weighted by Gasteiger charge is 2.26. The number of anilines is 1. The van der Waals surface area contributed by atoms with Crippen LogP contribution in [0.25, 0.3) is 5.69 Å². The molecule has 6 nitrogen and oxygen atoms in total. The maximum Gasteiger partial charge on any atom is 0.225 e. The van der Waals surface area contributed by atoms with Crippen molar-refractivity contribution in [1.29, 1.82) is 0 Å². The quantitative estimate of drug-likeness (QED) is 0.880. The Hall–Kier alpha value is -1.63. The Kier molecular flexibility index (Phi) is 7.48. The first-order chi connectivity index (χ1) is 10.2. The molecule has 1 aliphatic carbocycles. The van der Waals surface area contributed by atoms with Gasteiger partial charge in [-0.3, -0.25) is 9.78 Å². The van der Waals surface area contributed by atoms with E-state index in [0.717, 1.165) is 24.9 Å². The molecule has 0 bridgehead atoms. The molecule has 1 fully saturated rings. The molecule has 1 saturated carbocycles. The van der Waals surface area contributed by atoms with Crippen LogP contribution in [0.3, 0.4) is 0 Å². The van der Waals surface area contributed by atoms with E-state index < -0.39 is 0 Å². The van der Waals surface area contributed by atoms with Crippen LogP contribution >= 0.6 is 24.8 Å². The summed E-state index contributed by atoms with van der Waals surface area (Å²) in [6.45, 7) is 0. The molecule has 3 N–H and O–H groups in total. The summed E-state index contributed by atoms with van der Waals surface area (Å²) in [5.41, 5.74) is 6.90. The minimum atomic E-state index is -0.0164. The minimum Gasteiger partial charge on any atom is -0.327 e. The molecular formula is C15H21Cl2N5O. The maximum absolute atomic E-state index is 12.0. The number of nitrogens with zero attached hydrogens (tertiary/aromatic N) is 3. The van der Waals surface area contributed by atoms with Gasteiger partial charge in [0.25, 0.3) is 0 Å². The summed E-state index contributed by atoms with van der Waals surface area (Å²) in [5, 5.41) is 7.18. The van der Waals surface area contributed by atoms with Crippen LogP contribution in [0.15, 0.2) is 36.8 Å². The second-order valence-corrected chi connectivity index (χ2v) is 5.46. The zero-order valence-electron chi connectivity index (χ0n) is 12.6. The molecule has 3 rings (SSSR count). The lowest BCUT2D eigenvalue weighted by molar-refractivity contribution is -0.117. The van der Waals surface area contributed by atoms with Crippen molar-refractivity contribution in [3.63, 3.8) is 0 Å². The molecule has 0 aromatic carbocycles. The van der Waals surface area contributed by atoms with Gasteiger partial charge in [-0.25, -0.2) is 4.68 Å². The van der Waals surface area contributed by atoms with Crippen LogP contribution in [0.1, 0.15) is 25.7 Å². The van der Waals surface area contributed by atoms with Crippen LogP contribution in [0.2, 0.25) is 0 Å². The number of aromatic nitrogens is 3. The maximum atomic E-state index is 12.0. The lowest BCUT2D eigenvalue weighted by Gasteiger charge is -2.13. The molecule has 2 aromatic rings. The highest BCUT2D eigenvalue weighted by atomic mass is 35.5. The smallest absolute Gasteiger partial charge is 0.225 e. The third-order valence-electron chi connectivity index (χ3n) is 3.95. The van der Waals surface area contributed by atoms with Crippen LogP contribution in [0.5, 0.6) is 0 Å². The van der Waals surface area contributed by atoms with E-state index in [-0.39, 0.29) is 36.8 Å². The fraction of sp³-hybridized carbons (Fsp3) is 0.400. The van der Waals surface area contributed by atoms with Crippen molar-refractivity contribution in [3.05, 3.63) is 36.8 Å². The van der Waals surface area contributed by atoms with Crippen LogP contribution in [-0.2, 0) is 4.79 Å². The molecule has 1 aliphatic rings. The normalized spacial score (nSPS) is 19.5. The van der Waals surface area contributed by atoms with Gasteiger partial charge in [0, 0.05) is 37.1 Å². The Morgan fingerprint density at radius 2 is 2.00 bits per heavy atom. The first-order valence-electron chi connectivity index (χ1n) is 7.24. The van der Waals surface area contributed by atoms with E-state index in [1.54, 1.807) is 23.1 Å². The average molecular weight is 358 g/mol. The van der Waals surface area contributed by atoms with E-state index in [4.69, 9.17) is 5.73 Å². The number of rotatable bonds is 4. The molecule has 2 atom stereocenters. The number of halogens is 2. The Morgan fingerprint density at radius 3 is 2.65 bits per heavy atom. The van der Waals surface area contributed by atoms with Crippen LogP contribution in [0, 0.1) is 5.92 Å². The standard InChI is InChI=1S/C15H19N5O.2ClH/c16-13-3-1-2-11(13)10-15(21)18-14-6-9-20(19-14)12-4-7-17-8-5-12;;/h4-9,11,13H,1-3,10,16H2,(H,18,19,21);2*1H/t11-,13+;;/m0../s1. The Morgan fingerprint density at radius 1 is 1.26 bits per heavy atom. The van der Waals surface area contributed by atoms with E-state index in [0.29, 0.717) is 18.2 Å². The Balaban J connectivity index is 0.00000132. The largest absolute Gasteiger partial charge is 0.327 e. The topological polar surface area (TPSA) is 85.8 Å². The third-order valence-corrected chi connectivity index (χ3v) is 3.95. The molecule has 1 amide bonds. The highest BCUT2D eigenvalue weighted by molar-refractivity contribution is 5.89. The van der Waals surface area contributed by atoms with Crippen LogP contribution in [0.4, 0.5) is 5.82 Å². The molecular weight excluding hydrogens is 337 g/mol. The summed E-state index contributed by atoms with van der Waals surface area (Å²) >= 11 is 0. The molecule has 0 radical (unpaired) electrons. The van der Waals surface area contributed by atoms with Crippen molar-refractivity contribution < 1.29 is 4.79 Å². The second-order valence-electron chi connectivity index (χ2n) is 5.46. The number of hydrogen-bond donors (Lipinski definition) is 2. The monoisotopic (exact) mass is 357 g/mol. The van der Waals surface area contributed by atoms with Gasteiger partial charge in [0.2, 0.25) is 5.91 Å². The van der Waals surface area contributed by atoms with Crippen molar-refractivity contribution in [2.75, 3.05) is 5.32 Å². The molecule has 0 spiro atoms. The Labute approximate surface area is 147 Å². The van der Waals surface area contributed by atoms with Crippen molar-refractivity contribution >= 4 is 36.5 Å². The first-order valence-corrected chi connectivity index (χ1v) is 7.24. The lowest BCUT2D eigenvalue weighted by Crippen LogP contribution is -2.28. The van der Waals surface area contributed by atoms with Crippen molar-refractivity contribution in [2.45, 2.75) is 31.7 Å². The number of nitrogens with one attached hydrogen (secondary N) is 1. The van der Waals surface area contributed by atoms with E-state index in [2.05, 4.69) is 15.4 Å². The number of carbonyl (C=O) groups excluding carboxylic acids is 1. The lowest BCUT2D eigenvalue weighted by atomic mass is 10.00. The predicted octanol–water partition coefficient (Wildman–Crippen LogP) is 2.57. The van der Waals surface area contributed by atoms with Gasteiger partial charge < -0.3 is 11.1 Å². The summed E-state index contributed by atoms with van der Waals surface area (Å²) in [6, 6.07) is 5.66. The molecule has 0 saturated heterocycles. The van der Waals surface area contributed by atoms with Gasteiger partial charge in [0.05, 0.1) is 5.69 Å². The van der Waals surface area contributed by atoms with E-state index in [1.807, 2.05) is 18.3 Å². The Bertz CT molecular complexity index is 619. The molecule has 0 unspecified atom stereocenters. The van der Waals surface area contributed by atoms with Gasteiger partial charge in [-0.15, -0.1) is 24.8 Å². The van der Waals surface area contributed by atoms with E-state index in [1.165, 1.54) is 0 Å². The van der Waals surface area contributed by atoms with Crippen molar-refractivity contribution in [1.82, 2.24) is 14.8 Å². The molecule has 2 aromatic heterocycles. The van der Waals surface area contributed by atoms with Gasteiger partial charge in [-0.1, -0.05) is 6.42 Å². The molecule has 8 heteroatoms. The van der Waals surface area contributed by atoms with E-state index >= 15 is 0 Å². The van der Waals surface area contributed by atoms with Gasteiger partial charge in [-0.2, -0.15) is 5.10 Å². The number of amides is 1. The highest BCUT2D eigenvalue weighted by Crippen LogP contribution is 2.27. The molecule has 2 heterocycles. The number of carbonyl (C=O) groups is 1. The van der Waals surface area contributed by atoms with Crippen LogP contribution < -0.4 is 11.1 Å². The number of nitrogens with two attached hydrogens (primary N) is 1. The van der Waals surface area contributed by atoms with Crippen LogP contribution in [-0.4, -0.2) is 26.7 Å². The van der Waals surface area contributed by atoms with Gasteiger partial charge in [0.1, 0.15) is 0 Å². The molecule has 23 heavy (non-hydrogen) atoms. The third kappa shape index (κ3) is 4.92. The summed E-state index contributed by atoms with van der Waals surface area (Å²) < 4.78 is 1.71. The average Bonchev–Trinajstić information content (AvgIpc) is 3.10. The summed E-state index contributed by atoms with van der Waals surface area (Å²) in [7, 11) is 0. The van der Waals surface area contributed by atoms with Gasteiger partial charge >= 0.3 is 0 Å². The van der Waals surface area contributed by atoms with Crippen molar-refractivity contribution in [2.24, 2.45) is 11.7 Å². The number of hydrogen-bond acceptors (Lipinski definition) is 4. The SMILES string of the molecule is Cl.Cl.N[C@@H]1CCC[C@H]1CC(=O)Nc1ccn(-c2ccncc2)n1. The zero-order valence-corrected chi connectivity index (χ0v) is 14.2. The fourth-order valence-corrected chi connectivity index (χ4v) is 2.78. The van der Waals surface area contributed by atoms with Crippen molar-refractivity contribution in [3.8, 4) is 5.69 Å². The van der Waals surface area contributed by atoms with Gasteiger partial charge in [-0.05, 0) is 30.9 Å². The minimum absolute atomic E-state index is 0. The predicted molar refractivity (Wildman–Crippen MR) is 94.4 cm³/mol. The fourth-order valence-electron chi connectivity index (χ4n) is 2.78. The number of pyridine rings is 1. The van der Waals surface area contributed by atoms with Gasteiger partial charge in [0.15, 0.2) is 5.82 Å². The summed E-state index contributed by atoms with van der Waals surface area (Å²) in [4.78, 5) is 16.0.